The Labute approximate surface area is 245 Å². The van der Waals surface area contributed by atoms with Crippen molar-refractivity contribution < 1.29 is 4.74 Å². The number of aliphatic imine (C=N–C) groups is 2. The molecule has 4 aromatic carbocycles. The molecule has 7 rings (SSSR count). The number of aromatic nitrogens is 2. The fraction of sp³-hybridized carbons (Fsp3) is 0.171. The fourth-order valence-electron chi connectivity index (χ4n) is 5.80. The summed E-state index contributed by atoms with van der Waals surface area (Å²) in [6.45, 7) is 6.52. The normalized spacial score (nSPS) is 15.4. The van der Waals surface area contributed by atoms with Gasteiger partial charge < -0.3 is 15.0 Å². The first-order valence-corrected chi connectivity index (χ1v) is 14.2. The van der Waals surface area contributed by atoms with E-state index in [0.717, 1.165) is 57.0 Å². The molecule has 5 aromatic rings. The number of hydrogen-bond acceptors (Lipinski definition) is 6. The Morgan fingerprint density at radius 2 is 1.52 bits per heavy atom. The average Bonchev–Trinajstić information content (AvgIpc) is 3.36. The van der Waals surface area contributed by atoms with Gasteiger partial charge in [-0.1, -0.05) is 80.6 Å². The SMILES string of the molecule is COc1ccccc1NC1=Nc2ccccc2N2C1=Nc1c(c(C)nn1-c1ccccc1)C2c1ccc(C(C)C)cc1. The molecule has 0 radical (unpaired) electrons. The first-order valence-electron chi connectivity index (χ1n) is 14.2. The van der Waals surface area contributed by atoms with Crippen LogP contribution >= 0.6 is 0 Å². The van der Waals surface area contributed by atoms with E-state index < -0.39 is 0 Å². The zero-order valence-corrected chi connectivity index (χ0v) is 24.1. The van der Waals surface area contributed by atoms with Crippen molar-refractivity contribution in [3.05, 3.63) is 126 Å². The molecule has 208 valence electrons. The quantitative estimate of drug-likeness (QED) is 0.239. The zero-order valence-electron chi connectivity index (χ0n) is 24.1. The molecule has 1 unspecified atom stereocenters. The number of ether oxygens (including phenoxy) is 1. The second-order valence-electron chi connectivity index (χ2n) is 10.9. The molecule has 0 saturated carbocycles. The monoisotopic (exact) mass is 552 g/mol. The molecular weight excluding hydrogens is 520 g/mol. The van der Waals surface area contributed by atoms with Gasteiger partial charge in [0.25, 0.3) is 0 Å². The lowest BCUT2D eigenvalue weighted by Gasteiger charge is -2.40. The fourth-order valence-corrected chi connectivity index (χ4v) is 5.80. The van der Waals surface area contributed by atoms with Crippen molar-refractivity contribution >= 4 is 34.6 Å². The van der Waals surface area contributed by atoms with E-state index in [4.69, 9.17) is 19.8 Å². The van der Waals surface area contributed by atoms with Gasteiger partial charge in [-0.2, -0.15) is 5.10 Å². The van der Waals surface area contributed by atoms with Crippen LogP contribution < -0.4 is 15.0 Å². The molecule has 42 heavy (non-hydrogen) atoms. The Hall–Kier alpha value is -5.17. The second-order valence-corrected chi connectivity index (χ2v) is 10.9. The van der Waals surface area contributed by atoms with E-state index in [1.807, 2.05) is 59.3 Å². The predicted molar refractivity (Wildman–Crippen MR) is 170 cm³/mol. The maximum absolute atomic E-state index is 5.66. The predicted octanol–water partition coefficient (Wildman–Crippen LogP) is 8.11. The van der Waals surface area contributed by atoms with E-state index in [9.17, 15) is 0 Å². The lowest BCUT2D eigenvalue weighted by atomic mass is 9.91. The number of amidine groups is 2. The minimum Gasteiger partial charge on any atom is -0.495 e. The molecule has 0 fully saturated rings. The molecule has 0 bridgehead atoms. The number of anilines is 2. The molecule has 0 saturated heterocycles. The Kier molecular flexibility index (Phi) is 6.35. The summed E-state index contributed by atoms with van der Waals surface area (Å²) in [4.78, 5) is 12.7. The molecule has 1 N–H and O–H groups in total. The van der Waals surface area contributed by atoms with Crippen LogP contribution in [0.5, 0.6) is 5.75 Å². The molecule has 7 nitrogen and oxygen atoms in total. The molecule has 1 atom stereocenters. The third-order valence-corrected chi connectivity index (χ3v) is 7.92. The molecule has 2 aliphatic heterocycles. The lowest BCUT2D eigenvalue weighted by Crippen LogP contribution is -2.46. The highest BCUT2D eigenvalue weighted by atomic mass is 16.5. The van der Waals surface area contributed by atoms with Gasteiger partial charge in [-0.15, -0.1) is 0 Å². The molecular formula is C35H32N6O. The van der Waals surface area contributed by atoms with E-state index in [2.05, 4.69) is 79.5 Å². The van der Waals surface area contributed by atoms with Crippen LogP contribution in [0, 0.1) is 6.92 Å². The number of nitrogens with zero attached hydrogens (tertiary/aromatic N) is 5. The standard InChI is InChI=1S/C35H32N6O/c1-22(2)24-18-20-25(21-19-24)32-31-23(3)39-41(26-12-6-5-7-13-26)34(31)38-35-33(37-28-15-9-11-17-30(28)42-4)36-27-14-8-10-16-29(27)40(32)35/h5-22,32H,1-4H3,(H,36,37). The van der Waals surface area contributed by atoms with Crippen LogP contribution in [-0.2, 0) is 0 Å². The van der Waals surface area contributed by atoms with E-state index in [-0.39, 0.29) is 6.04 Å². The van der Waals surface area contributed by atoms with Crippen molar-refractivity contribution in [1.29, 1.82) is 0 Å². The Morgan fingerprint density at radius 3 is 2.29 bits per heavy atom. The summed E-state index contributed by atoms with van der Waals surface area (Å²) >= 11 is 0. The number of aryl methyl sites for hydroxylation is 1. The number of fused-ring (bicyclic) bond motifs is 4. The summed E-state index contributed by atoms with van der Waals surface area (Å²) in [5, 5.41) is 8.59. The number of benzene rings is 4. The van der Waals surface area contributed by atoms with Gasteiger partial charge in [0, 0.05) is 5.56 Å². The van der Waals surface area contributed by atoms with Crippen LogP contribution in [0.4, 0.5) is 22.9 Å². The van der Waals surface area contributed by atoms with Crippen molar-refractivity contribution in [2.75, 3.05) is 17.3 Å². The molecule has 7 heteroatoms. The van der Waals surface area contributed by atoms with Gasteiger partial charge in [-0.25, -0.2) is 14.7 Å². The second kappa shape index (κ2) is 10.3. The van der Waals surface area contributed by atoms with Crippen LogP contribution in [0.25, 0.3) is 5.69 Å². The highest BCUT2D eigenvalue weighted by molar-refractivity contribution is 6.51. The summed E-state index contributed by atoms with van der Waals surface area (Å²) in [5.74, 6) is 3.35. The average molecular weight is 553 g/mol. The van der Waals surface area contributed by atoms with Crippen molar-refractivity contribution in [2.45, 2.75) is 32.7 Å². The molecule has 0 spiro atoms. The van der Waals surface area contributed by atoms with Gasteiger partial charge >= 0.3 is 0 Å². The smallest absolute Gasteiger partial charge is 0.179 e. The third kappa shape index (κ3) is 4.25. The van der Waals surface area contributed by atoms with Crippen molar-refractivity contribution in [1.82, 2.24) is 9.78 Å². The summed E-state index contributed by atoms with van der Waals surface area (Å²) in [6.07, 6.45) is 0. The first-order chi connectivity index (χ1) is 20.5. The van der Waals surface area contributed by atoms with Gasteiger partial charge in [-0.3, -0.25) is 0 Å². The minimum atomic E-state index is -0.169. The minimum absolute atomic E-state index is 0.169. The lowest BCUT2D eigenvalue weighted by molar-refractivity contribution is 0.417. The van der Waals surface area contributed by atoms with Crippen LogP contribution in [0.1, 0.15) is 48.2 Å². The van der Waals surface area contributed by atoms with Crippen molar-refractivity contribution in [3.8, 4) is 11.4 Å². The van der Waals surface area contributed by atoms with E-state index >= 15 is 0 Å². The number of nitrogens with one attached hydrogen (secondary N) is 1. The first kappa shape index (κ1) is 25.8. The third-order valence-electron chi connectivity index (χ3n) is 7.92. The van der Waals surface area contributed by atoms with Crippen LogP contribution in [0.3, 0.4) is 0 Å². The Morgan fingerprint density at radius 1 is 0.810 bits per heavy atom. The largest absolute Gasteiger partial charge is 0.495 e. The molecule has 1 aromatic heterocycles. The zero-order chi connectivity index (χ0) is 28.8. The number of methoxy groups -OCH3 is 1. The Balaban J connectivity index is 1.48. The summed E-state index contributed by atoms with van der Waals surface area (Å²) in [7, 11) is 1.67. The maximum atomic E-state index is 5.66. The number of hydrogen-bond donors (Lipinski definition) is 1. The summed E-state index contributed by atoms with van der Waals surface area (Å²) in [6, 6.07) is 35.1. The molecule has 0 aliphatic carbocycles. The molecule has 2 aliphatic rings. The topological polar surface area (TPSA) is 67.0 Å². The van der Waals surface area contributed by atoms with Gasteiger partial charge in [0.1, 0.15) is 5.75 Å². The summed E-state index contributed by atoms with van der Waals surface area (Å²) < 4.78 is 7.61. The van der Waals surface area contributed by atoms with E-state index in [1.165, 1.54) is 5.56 Å². The highest BCUT2D eigenvalue weighted by Crippen LogP contribution is 2.48. The van der Waals surface area contributed by atoms with Gasteiger partial charge in [0.2, 0.25) is 0 Å². The molecule has 0 amide bonds. The van der Waals surface area contributed by atoms with Gasteiger partial charge in [-0.05, 0) is 60.4 Å². The van der Waals surface area contributed by atoms with Gasteiger partial charge in [0.05, 0.1) is 41.6 Å². The number of rotatable bonds is 5. The number of para-hydroxylation sites is 5. The van der Waals surface area contributed by atoms with Crippen molar-refractivity contribution in [3.63, 3.8) is 0 Å². The van der Waals surface area contributed by atoms with Crippen LogP contribution in [0.2, 0.25) is 0 Å². The maximum Gasteiger partial charge on any atom is 0.179 e. The van der Waals surface area contributed by atoms with Crippen LogP contribution in [-0.4, -0.2) is 28.6 Å². The molecule has 3 heterocycles. The summed E-state index contributed by atoms with van der Waals surface area (Å²) in [5.41, 5.74) is 8.13. The Bertz CT molecular complexity index is 1840. The van der Waals surface area contributed by atoms with E-state index in [1.54, 1.807) is 7.11 Å². The van der Waals surface area contributed by atoms with E-state index in [0.29, 0.717) is 11.8 Å². The van der Waals surface area contributed by atoms with Crippen molar-refractivity contribution in [2.24, 2.45) is 9.98 Å². The van der Waals surface area contributed by atoms with Crippen LogP contribution in [0.15, 0.2) is 113 Å². The highest BCUT2D eigenvalue weighted by Gasteiger charge is 2.41. The van der Waals surface area contributed by atoms with Gasteiger partial charge in [0.15, 0.2) is 17.5 Å².